The molecule has 1 spiro atoms. The Hall–Kier alpha value is -2.98. The number of amidine groups is 1. The third-order valence-electron chi connectivity index (χ3n) is 9.59. The zero-order chi connectivity index (χ0) is 31.3. The van der Waals surface area contributed by atoms with Crippen molar-refractivity contribution in [2.75, 3.05) is 19.6 Å². The van der Waals surface area contributed by atoms with Crippen LogP contribution >= 0.6 is 24.0 Å². The van der Waals surface area contributed by atoms with Crippen molar-refractivity contribution in [1.29, 1.82) is 5.41 Å². The number of aliphatic hydroxyl groups is 1. The Bertz CT molecular complexity index is 1350. The number of benzene rings is 2. The fourth-order valence-electron chi connectivity index (χ4n) is 6.92. The van der Waals surface area contributed by atoms with Gasteiger partial charge in [-0.3, -0.25) is 24.7 Å². The number of halogens is 2. The first kappa shape index (κ1) is 34.9. The third-order valence-corrected chi connectivity index (χ3v) is 9.84. The van der Waals surface area contributed by atoms with Gasteiger partial charge in [0, 0.05) is 48.7 Å². The molecular weight excluding hydrogens is 613 g/mol. The lowest BCUT2D eigenvalue weighted by Gasteiger charge is -2.52. The maximum Gasteiger partial charge on any atom is 0.256 e. The fraction of sp³-hybridized carbons (Fsp3) is 0.529. The third kappa shape index (κ3) is 8.06. The Morgan fingerprint density at radius 2 is 1.62 bits per heavy atom. The summed E-state index contributed by atoms with van der Waals surface area (Å²) in [4.78, 5) is 44.4. The first-order chi connectivity index (χ1) is 21.1. The average Bonchev–Trinajstić information content (AvgIpc) is 3.02. The summed E-state index contributed by atoms with van der Waals surface area (Å²) in [5.41, 5.74) is 0.330. The number of nitrogens with one attached hydrogen (secondary N) is 3. The Morgan fingerprint density at radius 1 is 1.00 bits per heavy atom. The molecule has 4 N–H and O–H groups in total. The molecule has 3 fully saturated rings. The van der Waals surface area contributed by atoms with E-state index in [4.69, 9.17) is 17.0 Å². The zero-order valence-corrected chi connectivity index (χ0v) is 27.5. The monoisotopic (exact) mass is 657 g/mol. The minimum atomic E-state index is -0.884. The fourth-order valence-corrected chi connectivity index (χ4v) is 7.05. The normalized spacial score (nSPS) is 21.1. The largest absolute Gasteiger partial charge is 0.390 e. The van der Waals surface area contributed by atoms with Crippen molar-refractivity contribution in [1.82, 2.24) is 20.4 Å². The summed E-state index contributed by atoms with van der Waals surface area (Å²) in [5, 5.41) is 25.6. The highest BCUT2D eigenvalue weighted by molar-refractivity contribution is 6.30. The van der Waals surface area contributed by atoms with Gasteiger partial charge in [0.2, 0.25) is 11.8 Å². The highest BCUT2D eigenvalue weighted by Crippen LogP contribution is 2.37. The SMILES string of the molecule is CCCCN1C(=O)[C@@H](CC2(O)CCCCC2)NC(=O)C12CCN(Cc1ccc(C(=O)NC(=N)c3ccc(Cl)cc3)cc1)CC2.Cl. The van der Waals surface area contributed by atoms with Crippen LogP contribution in [0, 0.1) is 5.41 Å². The van der Waals surface area contributed by atoms with E-state index in [9.17, 15) is 19.5 Å². The maximum absolute atomic E-state index is 13.8. The van der Waals surface area contributed by atoms with Gasteiger partial charge in [-0.15, -0.1) is 12.4 Å². The molecule has 3 aliphatic rings. The van der Waals surface area contributed by atoms with Crippen LogP contribution in [0.3, 0.4) is 0 Å². The summed E-state index contributed by atoms with van der Waals surface area (Å²) in [6.45, 7) is 4.64. The topological polar surface area (TPSA) is 126 Å². The number of piperazine rings is 1. The van der Waals surface area contributed by atoms with Crippen LogP contribution < -0.4 is 10.6 Å². The van der Waals surface area contributed by atoms with Gasteiger partial charge >= 0.3 is 0 Å². The lowest BCUT2D eigenvalue weighted by Crippen LogP contribution is -2.73. The smallest absolute Gasteiger partial charge is 0.256 e. The number of hydrogen-bond acceptors (Lipinski definition) is 6. The molecule has 1 saturated carbocycles. The number of unbranched alkanes of at least 4 members (excludes halogenated alkanes) is 1. The lowest BCUT2D eigenvalue weighted by atomic mass is 9.77. The van der Waals surface area contributed by atoms with Crippen molar-refractivity contribution in [2.24, 2.45) is 0 Å². The highest BCUT2D eigenvalue weighted by Gasteiger charge is 2.54. The van der Waals surface area contributed by atoms with Crippen LogP contribution in [0.5, 0.6) is 0 Å². The summed E-state index contributed by atoms with van der Waals surface area (Å²) in [7, 11) is 0. The van der Waals surface area contributed by atoms with Gasteiger partial charge < -0.3 is 20.6 Å². The van der Waals surface area contributed by atoms with E-state index >= 15 is 0 Å². The molecule has 0 unspecified atom stereocenters. The molecule has 3 amide bonds. The number of likely N-dealkylation sites (tertiary alicyclic amines) is 1. The van der Waals surface area contributed by atoms with Gasteiger partial charge in [-0.05, 0) is 74.1 Å². The van der Waals surface area contributed by atoms with Crippen LogP contribution in [-0.2, 0) is 16.1 Å². The number of amides is 3. The molecule has 2 heterocycles. The van der Waals surface area contributed by atoms with E-state index in [1.165, 1.54) is 0 Å². The van der Waals surface area contributed by atoms with E-state index in [2.05, 4.69) is 22.5 Å². The second-order valence-corrected chi connectivity index (χ2v) is 13.1. The van der Waals surface area contributed by atoms with Crippen molar-refractivity contribution in [3.63, 3.8) is 0 Å². The molecule has 2 aliphatic heterocycles. The van der Waals surface area contributed by atoms with Crippen LogP contribution in [0.1, 0.15) is 92.6 Å². The Labute approximate surface area is 277 Å². The van der Waals surface area contributed by atoms with Gasteiger partial charge in [-0.25, -0.2) is 0 Å². The van der Waals surface area contributed by atoms with Crippen molar-refractivity contribution in [2.45, 2.75) is 94.9 Å². The van der Waals surface area contributed by atoms with Crippen molar-refractivity contribution >= 4 is 47.6 Å². The highest BCUT2D eigenvalue weighted by atomic mass is 35.5. The summed E-state index contributed by atoms with van der Waals surface area (Å²) in [5.74, 6) is -0.488. The molecule has 5 rings (SSSR count). The molecule has 0 radical (unpaired) electrons. The molecule has 2 saturated heterocycles. The number of carbonyl (C=O) groups excluding carboxylic acids is 3. The second kappa shape index (κ2) is 15.1. The Morgan fingerprint density at radius 3 is 2.24 bits per heavy atom. The van der Waals surface area contributed by atoms with Crippen LogP contribution in [0.25, 0.3) is 0 Å². The van der Waals surface area contributed by atoms with Crippen LogP contribution in [0.15, 0.2) is 48.5 Å². The maximum atomic E-state index is 13.8. The van der Waals surface area contributed by atoms with Gasteiger partial charge in [-0.2, -0.15) is 0 Å². The molecular formula is C34H45Cl2N5O4. The van der Waals surface area contributed by atoms with Crippen molar-refractivity contribution in [3.05, 3.63) is 70.2 Å². The minimum Gasteiger partial charge on any atom is -0.390 e. The molecule has 45 heavy (non-hydrogen) atoms. The van der Waals surface area contributed by atoms with Gasteiger partial charge in [0.1, 0.15) is 17.4 Å². The predicted molar refractivity (Wildman–Crippen MR) is 178 cm³/mol. The van der Waals surface area contributed by atoms with E-state index in [1.54, 1.807) is 36.4 Å². The van der Waals surface area contributed by atoms with Crippen molar-refractivity contribution in [3.8, 4) is 0 Å². The first-order valence-corrected chi connectivity index (χ1v) is 16.3. The molecule has 1 aliphatic carbocycles. The molecule has 0 aromatic heterocycles. The number of hydrogen-bond donors (Lipinski definition) is 4. The lowest BCUT2D eigenvalue weighted by molar-refractivity contribution is -0.163. The van der Waals surface area contributed by atoms with E-state index in [1.807, 2.05) is 17.0 Å². The van der Waals surface area contributed by atoms with E-state index < -0.39 is 17.2 Å². The van der Waals surface area contributed by atoms with Crippen LogP contribution in [0.2, 0.25) is 5.02 Å². The summed E-state index contributed by atoms with van der Waals surface area (Å²) in [6.07, 6.45) is 7.53. The molecule has 2 aromatic carbocycles. The molecule has 2 aromatic rings. The Balaban J connectivity index is 0.00000461. The summed E-state index contributed by atoms with van der Waals surface area (Å²) < 4.78 is 0. The van der Waals surface area contributed by atoms with Crippen molar-refractivity contribution < 1.29 is 19.5 Å². The molecule has 11 heteroatoms. The quantitative estimate of drug-likeness (QED) is 0.221. The van der Waals surface area contributed by atoms with Gasteiger partial charge in [0.25, 0.3) is 5.91 Å². The molecule has 0 bridgehead atoms. The first-order valence-electron chi connectivity index (χ1n) is 15.9. The van der Waals surface area contributed by atoms with E-state index in [0.717, 1.165) is 37.7 Å². The number of piperidine rings is 1. The average molecular weight is 659 g/mol. The number of carbonyl (C=O) groups is 3. The standard InChI is InChI=1S/C34H44ClN5O4.ClH/c1-2-3-19-40-31(42)28(22-33(44)15-5-4-6-16-33)37-32(43)34(40)17-20-39(21-18-34)23-24-7-9-26(10-8-24)30(41)38-29(36)25-11-13-27(35)14-12-25;/h7-14,28,44H,2-6,15-23H2,1H3,(H,37,43)(H2,36,38,41);1H/t28-;/m1./s1. The predicted octanol–water partition coefficient (Wildman–Crippen LogP) is 5.06. The van der Waals surface area contributed by atoms with E-state index in [0.29, 0.717) is 74.4 Å². The van der Waals surface area contributed by atoms with Crippen LogP contribution in [0.4, 0.5) is 0 Å². The number of rotatable bonds is 9. The summed E-state index contributed by atoms with van der Waals surface area (Å²) >= 11 is 5.91. The Kier molecular flexibility index (Phi) is 11.7. The molecule has 1 atom stereocenters. The second-order valence-electron chi connectivity index (χ2n) is 12.7. The minimum absolute atomic E-state index is 0. The van der Waals surface area contributed by atoms with Gasteiger partial charge in [0.05, 0.1) is 5.60 Å². The van der Waals surface area contributed by atoms with E-state index in [-0.39, 0.29) is 36.0 Å². The molecule has 244 valence electrons. The number of nitrogens with zero attached hydrogens (tertiary/aromatic N) is 2. The zero-order valence-electron chi connectivity index (χ0n) is 25.9. The van der Waals surface area contributed by atoms with Gasteiger partial charge in [-0.1, -0.05) is 56.3 Å². The van der Waals surface area contributed by atoms with Gasteiger partial charge in [0.15, 0.2) is 0 Å². The molecule has 9 nitrogen and oxygen atoms in total. The summed E-state index contributed by atoms with van der Waals surface area (Å²) in [6, 6.07) is 13.4. The van der Waals surface area contributed by atoms with Crippen LogP contribution in [-0.4, -0.2) is 75.3 Å².